The van der Waals surface area contributed by atoms with E-state index in [1.807, 2.05) is 38.8 Å². The molecule has 3 aromatic carbocycles. The molecule has 9 rings (SSSR count). The quantitative estimate of drug-likeness (QED) is 0.0987. The van der Waals surface area contributed by atoms with E-state index in [2.05, 4.69) is 89.4 Å². The second-order valence-electron chi connectivity index (χ2n) is 20.8. The number of benzene rings is 3. The molecule has 0 bridgehead atoms. The zero-order valence-corrected chi connectivity index (χ0v) is 40.0. The third kappa shape index (κ3) is 8.79. The number of ether oxygens (including phenoxy) is 1. The van der Waals surface area contributed by atoms with Crippen molar-refractivity contribution in [2.75, 3.05) is 25.5 Å². The summed E-state index contributed by atoms with van der Waals surface area (Å²) in [5.41, 5.74) is 11.5. The van der Waals surface area contributed by atoms with Crippen molar-refractivity contribution in [3.63, 3.8) is 0 Å². The molecular formula is C53H66N8O6. The molecule has 1 spiro atoms. The molecule has 14 heteroatoms. The molecule has 2 aliphatic carbocycles. The van der Waals surface area contributed by atoms with Crippen molar-refractivity contribution in [2.45, 2.75) is 135 Å². The van der Waals surface area contributed by atoms with E-state index in [9.17, 15) is 24.3 Å². The van der Waals surface area contributed by atoms with Crippen LogP contribution >= 0.6 is 0 Å². The highest BCUT2D eigenvalue weighted by Crippen LogP contribution is 2.53. The maximum absolute atomic E-state index is 14.0. The van der Waals surface area contributed by atoms with Gasteiger partial charge in [0.15, 0.2) is 0 Å². The Morgan fingerprint density at radius 3 is 1.94 bits per heavy atom. The molecule has 1 aromatic heterocycles. The molecule has 4 atom stereocenters. The third-order valence-corrected chi connectivity index (χ3v) is 15.3. The number of aliphatic imine (C=N–C) groups is 1. The summed E-state index contributed by atoms with van der Waals surface area (Å²) >= 11 is 0. The van der Waals surface area contributed by atoms with Crippen molar-refractivity contribution in [1.29, 1.82) is 0 Å². The van der Waals surface area contributed by atoms with E-state index in [1.54, 1.807) is 4.90 Å². The molecule has 5 N–H and O–H groups in total. The fourth-order valence-electron chi connectivity index (χ4n) is 11.8. The van der Waals surface area contributed by atoms with Gasteiger partial charge in [-0.2, -0.15) is 0 Å². The van der Waals surface area contributed by atoms with Crippen LogP contribution < -0.4 is 16.0 Å². The van der Waals surface area contributed by atoms with Gasteiger partial charge in [0.1, 0.15) is 23.7 Å². The number of hydrogen-bond donors (Lipinski definition) is 5. The average molecular weight is 911 g/mol. The maximum atomic E-state index is 14.0. The number of imidazole rings is 1. The topological polar surface area (TPSA) is 181 Å². The Kier molecular flexibility index (Phi) is 12.4. The second kappa shape index (κ2) is 18.1. The van der Waals surface area contributed by atoms with Gasteiger partial charge in [-0.05, 0) is 127 Å². The van der Waals surface area contributed by atoms with Gasteiger partial charge in [-0.3, -0.25) is 14.6 Å². The molecule has 3 fully saturated rings. The Bertz CT molecular complexity index is 2590. The van der Waals surface area contributed by atoms with E-state index < -0.39 is 29.8 Å². The number of aromatic nitrogens is 2. The highest BCUT2D eigenvalue weighted by molar-refractivity contribution is 6.05. The number of hydrogen-bond acceptors (Lipinski definition) is 8. The van der Waals surface area contributed by atoms with Crippen molar-refractivity contribution in [3.05, 3.63) is 83.3 Å². The minimum atomic E-state index is -1.20. The zero-order valence-electron chi connectivity index (χ0n) is 40.0. The van der Waals surface area contributed by atoms with Gasteiger partial charge < -0.3 is 40.6 Å². The number of anilines is 1. The number of likely N-dealkylation sites (tertiary alicyclic amines) is 2. The summed E-state index contributed by atoms with van der Waals surface area (Å²) in [5, 5.41) is 18.3. The zero-order chi connectivity index (χ0) is 47.4. The van der Waals surface area contributed by atoms with E-state index in [-0.39, 0.29) is 41.1 Å². The van der Waals surface area contributed by atoms with Crippen LogP contribution in [0.4, 0.5) is 15.3 Å². The van der Waals surface area contributed by atoms with Crippen molar-refractivity contribution < 1.29 is 29.0 Å². The first-order chi connectivity index (χ1) is 32.1. The van der Waals surface area contributed by atoms with E-state index in [0.29, 0.717) is 18.9 Å². The number of amides is 4. The minimum absolute atomic E-state index is 0.119. The highest BCUT2D eigenvalue weighted by atomic mass is 16.5. The van der Waals surface area contributed by atoms with E-state index in [0.717, 1.165) is 72.4 Å². The van der Waals surface area contributed by atoms with Crippen LogP contribution in [-0.4, -0.2) is 93.0 Å². The first-order valence-electron chi connectivity index (χ1n) is 24.3. The molecule has 4 unspecified atom stereocenters. The van der Waals surface area contributed by atoms with Gasteiger partial charge in [0.25, 0.3) is 0 Å². The summed E-state index contributed by atoms with van der Waals surface area (Å²) in [6.07, 6.45) is 10.3. The van der Waals surface area contributed by atoms with Gasteiger partial charge in [-0.25, -0.2) is 14.6 Å². The Morgan fingerprint density at radius 2 is 1.33 bits per heavy atom. The largest absolute Gasteiger partial charge is 0.465 e. The number of aromatic amines is 1. The van der Waals surface area contributed by atoms with Crippen LogP contribution in [0.5, 0.6) is 0 Å². The van der Waals surface area contributed by atoms with Crippen molar-refractivity contribution in [3.8, 4) is 33.5 Å². The van der Waals surface area contributed by atoms with Crippen molar-refractivity contribution >= 4 is 35.5 Å². The van der Waals surface area contributed by atoms with Crippen LogP contribution in [0.25, 0.3) is 33.5 Å². The van der Waals surface area contributed by atoms with E-state index in [1.165, 1.54) is 60.6 Å². The third-order valence-electron chi connectivity index (χ3n) is 15.3. The summed E-state index contributed by atoms with van der Waals surface area (Å²) in [4.78, 5) is 68.5. The van der Waals surface area contributed by atoms with Crippen molar-refractivity contribution in [1.82, 2.24) is 30.4 Å². The van der Waals surface area contributed by atoms with Crippen LogP contribution in [0.3, 0.4) is 0 Å². The smallest absolute Gasteiger partial charge is 0.407 e. The number of nitrogens with zero attached hydrogens (tertiary/aromatic N) is 4. The van der Waals surface area contributed by atoms with Crippen LogP contribution in [0.2, 0.25) is 0 Å². The molecule has 5 aliphatic rings. The average Bonchev–Trinajstić information content (AvgIpc) is 4.17. The Balaban J connectivity index is 0.978. The fraction of sp³-hybridized carbons (Fsp3) is 0.509. The van der Waals surface area contributed by atoms with Crippen LogP contribution in [-0.2, 0) is 32.7 Å². The van der Waals surface area contributed by atoms with E-state index >= 15 is 0 Å². The lowest BCUT2D eigenvalue weighted by Crippen LogP contribution is -2.55. The predicted molar refractivity (Wildman–Crippen MR) is 260 cm³/mol. The summed E-state index contributed by atoms with van der Waals surface area (Å²) < 4.78 is 4.86. The van der Waals surface area contributed by atoms with Crippen molar-refractivity contribution in [2.24, 2.45) is 22.2 Å². The monoisotopic (exact) mass is 911 g/mol. The molecule has 2 saturated heterocycles. The molecule has 1 saturated carbocycles. The number of H-pyrrole nitrogens is 1. The van der Waals surface area contributed by atoms with Gasteiger partial charge in [0.05, 0.1) is 36.6 Å². The summed E-state index contributed by atoms with van der Waals surface area (Å²) in [6, 6.07) is 18.0. The minimum Gasteiger partial charge on any atom is -0.465 e. The Morgan fingerprint density at radius 1 is 0.761 bits per heavy atom. The number of rotatable bonds is 11. The molecule has 3 aliphatic heterocycles. The number of amidine groups is 1. The standard InChI is InChI=1S/C53H66N8O6/c1-30(2)44(57-50(64)65)48(62)60-24-10-12-42(60)46-54-29-41(56-46)33-16-14-32(15-17-33)35-19-20-36(38-28-53(27-37(35)38)22-8-9-23-53)34-18-21-39-40(26-34)55-47(59-52(39,5)6)43-13-11-25-61(43)49(63)45(31(3)4)58-51(66)67-7/h14-21,26,29-31,42-45,57H,8-13,22-25,27-28H2,1-7H3,(H,54,56)(H,55,59)(H,58,66)(H,64,65). The molecule has 4 heterocycles. The number of carboxylic acid groups (broad SMARTS) is 1. The second-order valence-corrected chi connectivity index (χ2v) is 20.8. The fourth-order valence-corrected chi connectivity index (χ4v) is 11.8. The predicted octanol–water partition coefficient (Wildman–Crippen LogP) is 9.46. The first kappa shape index (κ1) is 46.0. The lowest BCUT2D eigenvalue weighted by Gasteiger charge is -2.37. The highest BCUT2D eigenvalue weighted by Gasteiger charge is 2.44. The van der Waals surface area contributed by atoms with E-state index in [4.69, 9.17) is 14.7 Å². The number of carbonyl (C=O) groups excluding carboxylic acids is 3. The first-order valence-corrected chi connectivity index (χ1v) is 24.3. The maximum Gasteiger partial charge on any atom is 0.407 e. The number of fused-ring (bicyclic) bond motifs is 2. The lowest BCUT2D eigenvalue weighted by atomic mass is 9.82. The molecule has 354 valence electrons. The molecular weight excluding hydrogens is 845 g/mol. The number of carbonyl (C=O) groups is 4. The normalized spacial score (nSPS) is 21.2. The van der Waals surface area contributed by atoms with Crippen LogP contribution in [0, 0.1) is 17.3 Å². The Labute approximate surface area is 393 Å². The van der Waals surface area contributed by atoms with Gasteiger partial charge >= 0.3 is 12.2 Å². The molecule has 4 amide bonds. The summed E-state index contributed by atoms with van der Waals surface area (Å²) in [6.45, 7) is 13.0. The SMILES string of the molecule is COC(=O)NC(C(=O)N1CCCC1C1=NC(C)(C)c2ccc(-c3ccc(-c4ccc(-c5cnc(C6CCCN6C(=O)C(NC(=O)O)C(C)C)[nH]5)cc4)c4c3CC3(CCCC3)C4)cc2N1)C(C)C. The number of methoxy groups -OCH3 is 1. The Hall–Kier alpha value is -6.18. The van der Waals surface area contributed by atoms with Gasteiger partial charge in [-0.15, -0.1) is 0 Å². The summed E-state index contributed by atoms with van der Waals surface area (Å²) in [5.74, 6) is 0.843. The lowest BCUT2D eigenvalue weighted by molar-refractivity contribution is -0.135. The molecule has 0 radical (unpaired) electrons. The van der Waals surface area contributed by atoms with Crippen LogP contribution in [0.15, 0.2) is 65.8 Å². The number of nitrogens with one attached hydrogen (secondary N) is 4. The summed E-state index contributed by atoms with van der Waals surface area (Å²) in [7, 11) is 1.31. The molecule has 67 heavy (non-hydrogen) atoms. The van der Waals surface area contributed by atoms with Crippen LogP contribution in [0.1, 0.15) is 121 Å². The van der Waals surface area contributed by atoms with Gasteiger partial charge in [0.2, 0.25) is 11.8 Å². The number of alkyl carbamates (subject to hydrolysis) is 1. The molecule has 4 aromatic rings. The molecule has 14 nitrogen and oxygen atoms in total. The van der Waals surface area contributed by atoms with Gasteiger partial charge in [0, 0.05) is 24.3 Å². The van der Waals surface area contributed by atoms with Gasteiger partial charge in [-0.1, -0.05) is 89.1 Å².